The maximum Gasteiger partial charge on any atom is 0.305 e. The molecule has 0 radical (unpaired) electrons. The number of nitrogens with zero attached hydrogens (tertiary/aromatic N) is 1. The van der Waals surface area contributed by atoms with Crippen LogP contribution < -0.4 is 5.32 Å². The first-order chi connectivity index (χ1) is 18.9. The Morgan fingerprint density at radius 2 is 1.38 bits per heavy atom. The fourth-order valence-electron chi connectivity index (χ4n) is 2.71. The largest absolute Gasteiger partial charge is 0.469 e. The van der Waals surface area contributed by atoms with E-state index in [0.717, 1.165) is 57.8 Å². The summed E-state index contributed by atoms with van der Waals surface area (Å²) in [6.45, 7) is 14.1. The number of carbonyl (C=O) groups excluding carboxylic acids is 1. The number of allylic oxidation sites excluding steroid dienone is 10. The molecule has 5 nitrogen and oxygen atoms in total. The van der Waals surface area contributed by atoms with Gasteiger partial charge in [-0.05, 0) is 57.8 Å². The second-order valence-corrected chi connectivity index (χ2v) is 8.35. The molecular weight excluding hydrogens is 484 g/mol. The van der Waals surface area contributed by atoms with Crippen LogP contribution in [0.3, 0.4) is 0 Å². The third kappa shape index (κ3) is 48.9. The van der Waals surface area contributed by atoms with Gasteiger partial charge in [0.2, 0.25) is 0 Å². The minimum absolute atomic E-state index is 0.0764. The summed E-state index contributed by atoms with van der Waals surface area (Å²) < 4.78 is 4.57. The lowest BCUT2D eigenvalue weighted by Gasteiger charge is -1.93. The Hall–Kier alpha value is -2.66. The van der Waals surface area contributed by atoms with Crippen LogP contribution in [0.2, 0.25) is 0 Å². The van der Waals surface area contributed by atoms with Gasteiger partial charge in [-0.25, -0.2) is 0 Å². The zero-order valence-corrected chi connectivity index (χ0v) is 26.6. The second kappa shape index (κ2) is 42.4. The summed E-state index contributed by atoms with van der Waals surface area (Å²) in [5.41, 5.74) is 1.20. The first-order valence-corrected chi connectivity index (χ1v) is 14.7. The number of hydrogen-bond acceptors (Lipinski definition) is 4. The van der Waals surface area contributed by atoms with Crippen LogP contribution in [0, 0.1) is 0 Å². The molecule has 0 aliphatic heterocycles. The fourth-order valence-corrected chi connectivity index (χ4v) is 2.71. The summed E-state index contributed by atoms with van der Waals surface area (Å²) >= 11 is 0. The maximum absolute atomic E-state index is 10.9. The zero-order valence-electron chi connectivity index (χ0n) is 26.6. The molecule has 1 atom stereocenters. The molecule has 1 saturated carbocycles. The van der Waals surface area contributed by atoms with Crippen molar-refractivity contribution in [3.63, 3.8) is 0 Å². The highest BCUT2D eigenvalue weighted by Crippen LogP contribution is 2.21. The molecule has 39 heavy (non-hydrogen) atoms. The lowest BCUT2D eigenvalue weighted by molar-refractivity contribution is -0.140. The van der Waals surface area contributed by atoms with E-state index in [4.69, 9.17) is 5.11 Å². The van der Waals surface area contributed by atoms with Gasteiger partial charge in [-0.2, -0.15) is 0 Å². The number of hydrogen-bond donors (Lipinski definition) is 2. The fraction of sp³-hybridized carbons (Fsp3) is 0.588. The Bertz CT molecular complexity index is 674. The van der Waals surface area contributed by atoms with E-state index in [1.54, 1.807) is 13.4 Å². The lowest BCUT2D eigenvalue weighted by Crippen LogP contribution is -1.99. The average Bonchev–Trinajstić information content (AvgIpc) is 3.33. The summed E-state index contributed by atoms with van der Waals surface area (Å²) in [5.74, 6) is -0.152. The molecule has 0 aromatic heterocycles. The first kappa shape index (κ1) is 43.4. The average molecular weight is 547 g/mol. The Labute approximate surface area is 242 Å². The van der Waals surface area contributed by atoms with Gasteiger partial charge in [0, 0.05) is 20.5 Å². The normalized spacial score (nSPS) is 14.6. The molecule has 1 fully saturated rings. The quantitative estimate of drug-likeness (QED) is 0.105. The van der Waals surface area contributed by atoms with Crippen LogP contribution in [0.15, 0.2) is 77.9 Å². The van der Waals surface area contributed by atoms with Crippen molar-refractivity contribution in [2.24, 2.45) is 4.99 Å². The molecule has 1 rings (SSSR count). The SMILES string of the molecule is C=C1CCC(O)C1.CC.CC/C=C\C/C=C\C/C=C\C/C=C\C/C=C\CCC(=O)OC.CCC.CN=CNC. The Balaban J connectivity index is -0.000000289. The predicted molar refractivity (Wildman–Crippen MR) is 175 cm³/mol. The van der Waals surface area contributed by atoms with Gasteiger partial charge in [0.15, 0.2) is 0 Å². The van der Waals surface area contributed by atoms with Crippen molar-refractivity contribution in [2.75, 3.05) is 21.2 Å². The van der Waals surface area contributed by atoms with Crippen molar-refractivity contribution in [3.05, 3.63) is 72.9 Å². The number of aliphatic hydroxyl groups excluding tert-OH is 1. The number of aliphatic hydroxyl groups is 1. The molecule has 0 amide bonds. The highest BCUT2D eigenvalue weighted by molar-refractivity contribution is 5.69. The molecule has 0 spiro atoms. The van der Waals surface area contributed by atoms with Gasteiger partial charge in [0.05, 0.1) is 19.6 Å². The molecular formula is C34H62N2O3. The number of esters is 1. The Morgan fingerprint density at radius 3 is 1.64 bits per heavy atom. The standard InChI is InChI=1S/C20H30O2.C6H10O.C3H8N2.C3H8.C2H6/c1-3-4-5-6-7-8-9-10-11-12-13-14-15-16-17-18-19-20(21)22-2;1-5-2-3-6(7)4-5;1-4-3-5-2;1-3-2;1-2/h4-5,7-8,10-11,13-14,16-17H,3,6,9,12,15,18-19H2,1-2H3;6-7H,1-4H2;3H,1-2H3,(H,4,5);3H2,1-2H3;1-2H3/b5-4-,8-7-,11-10-,14-13-,17-16-;;;;. The van der Waals surface area contributed by atoms with E-state index in [2.05, 4.69) is 97.1 Å². The van der Waals surface area contributed by atoms with Crippen LogP contribution in [0.4, 0.5) is 0 Å². The van der Waals surface area contributed by atoms with Crippen LogP contribution in [0.25, 0.3) is 0 Å². The maximum atomic E-state index is 10.9. The van der Waals surface area contributed by atoms with Gasteiger partial charge in [-0.1, -0.05) is 114 Å². The van der Waals surface area contributed by atoms with Crippen molar-refractivity contribution in [3.8, 4) is 0 Å². The van der Waals surface area contributed by atoms with Gasteiger partial charge >= 0.3 is 5.97 Å². The number of carbonyl (C=O) groups is 1. The topological polar surface area (TPSA) is 70.9 Å². The van der Waals surface area contributed by atoms with Gasteiger partial charge < -0.3 is 15.2 Å². The summed E-state index contributed by atoms with van der Waals surface area (Å²) in [6.07, 6.45) is 33.4. The number of rotatable bonds is 13. The van der Waals surface area contributed by atoms with Gasteiger partial charge in [-0.15, -0.1) is 0 Å². The van der Waals surface area contributed by atoms with Crippen LogP contribution >= 0.6 is 0 Å². The molecule has 0 saturated heterocycles. The van der Waals surface area contributed by atoms with Crippen LogP contribution in [0.1, 0.15) is 105 Å². The lowest BCUT2D eigenvalue weighted by atomic mass is 10.2. The zero-order chi connectivity index (χ0) is 30.4. The smallest absolute Gasteiger partial charge is 0.305 e. The van der Waals surface area contributed by atoms with E-state index >= 15 is 0 Å². The summed E-state index contributed by atoms with van der Waals surface area (Å²) in [4.78, 5) is 14.5. The molecule has 1 aliphatic carbocycles. The molecule has 2 N–H and O–H groups in total. The van der Waals surface area contributed by atoms with E-state index < -0.39 is 0 Å². The van der Waals surface area contributed by atoms with Crippen molar-refractivity contribution in [1.82, 2.24) is 5.32 Å². The van der Waals surface area contributed by atoms with E-state index in [0.29, 0.717) is 6.42 Å². The molecule has 0 heterocycles. The molecule has 1 aliphatic rings. The molecule has 0 bridgehead atoms. The minimum Gasteiger partial charge on any atom is -0.469 e. The van der Waals surface area contributed by atoms with Crippen LogP contribution in [-0.4, -0.2) is 44.7 Å². The van der Waals surface area contributed by atoms with Crippen molar-refractivity contribution >= 4 is 12.3 Å². The number of ether oxygens (including phenoxy) is 1. The van der Waals surface area contributed by atoms with Crippen LogP contribution in [-0.2, 0) is 9.53 Å². The minimum atomic E-state index is -0.152. The Morgan fingerprint density at radius 1 is 0.949 bits per heavy atom. The second-order valence-electron chi connectivity index (χ2n) is 8.35. The predicted octanol–water partition coefficient (Wildman–Crippen LogP) is 9.08. The highest BCUT2D eigenvalue weighted by Gasteiger charge is 2.13. The number of methoxy groups -OCH3 is 1. The molecule has 0 aromatic rings. The molecule has 1 unspecified atom stereocenters. The number of nitrogens with one attached hydrogen (secondary N) is 1. The van der Waals surface area contributed by atoms with Gasteiger partial charge in [-0.3, -0.25) is 9.79 Å². The first-order valence-electron chi connectivity index (χ1n) is 14.7. The number of aliphatic imine (C=N–C) groups is 1. The van der Waals surface area contributed by atoms with Gasteiger partial charge in [0.1, 0.15) is 0 Å². The molecule has 0 aromatic carbocycles. The van der Waals surface area contributed by atoms with E-state index in [-0.39, 0.29) is 12.1 Å². The van der Waals surface area contributed by atoms with Crippen molar-refractivity contribution in [2.45, 2.75) is 111 Å². The van der Waals surface area contributed by atoms with Crippen LogP contribution in [0.5, 0.6) is 0 Å². The third-order valence-corrected chi connectivity index (χ3v) is 4.51. The summed E-state index contributed by atoms with van der Waals surface area (Å²) in [6, 6.07) is 0. The highest BCUT2D eigenvalue weighted by atomic mass is 16.5. The summed E-state index contributed by atoms with van der Waals surface area (Å²) in [5, 5.41) is 11.6. The van der Waals surface area contributed by atoms with E-state index in [1.807, 2.05) is 27.0 Å². The summed E-state index contributed by atoms with van der Waals surface area (Å²) in [7, 11) is 4.95. The monoisotopic (exact) mass is 546 g/mol. The Kier molecular flexibility index (Phi) is 47.2. The van der Waals surface area contributed by atoms with Gasteiger partial charge in [0.25, 0.3) is 0 Å². The molecule has 226 valence electrons. The third-order valence-electron chi connectivity index (χ3n) is 4.51. The van der Waals surface area contributed by atoms with E-state index in [9.17, 15) is 4.79 Å². The van der Waals surface area contributed by atoms with Crippen molar-refractivity contribution in [1.29, 1.82) is 0 Å². The van der Waals surface area contributed by atoms with E-state index in [1.165, 1.54) is 19.1 Å². The molecule has 5 heteroatoms. The van der Waals surface area contributed by atoms with Crippen molar-refractivity contribution < 1.29 is 14.6 Å².